The van der Waals surface area contributed by atoms with Crippen molar-refractivity contribution >= 4 is 39.1 Å². The van der Waals surface area contributed by atoms with Gasteiger partial charge < -0.3 is 16.0 Å². The van der Waals surface area contributed by atoms with Gasteiger partial charge in [0, 0.05) is 36.7 Å². The van der Waals surface area contributed by atoms with Crippen molar-refractivity contribution in [3.05, 3.63) is 35.5 Å². The highest BCUT2D eigenvalue weighted by atomic mass is 32.2. The quantitative estimate of drug-likeness (QED) is 0.536. The molecule has 0 saturated carbocycles. The van der Waals surface area contributed by atoms with Crippen LogP contribution in [0, 0.1) is 0 Å². The lowest BCUT2D eigenvalue weighted by Gasteiger charge is -2.33. The van der Waals surface area contributed by atoms with E-state index in [4.69, 9.17) is 0 Å². The van der Waals surface area contributed by atoms with E-state index < -0.39 is 21.8 Å². The fourth-order valence-corrected chi connectivity index (χ4v) is 5.49. The predicted octanol–water partition coefficient (Wildman–Crippen LogP) is 3.35. The molecule has 1 unspecified atom stereocenters. The molecule has 2 aliphatic rings. The molecule has 13 heteroatoms. The summed E-state index contributed by atoms with van der Waals surface area (Å²) in [5.41, 5.74) is 0.984. The van der Waals surface area contributed by atoms with E-state index in [-0.39, 0.29) is 36.7 Å². The molecule has 184 valence electrons. The number of piperidine rings is 1. The molecule has 0 bridgehead atoms. The second-order valence-corrected chi connectivity index (χ2v) is 10.3. The van der Waals surface area contributed by atoms with Crippen molar-refractivity contribution in [3.8, 4) is 0 Å². The maximum absolute atomic E-state index is 13.5. The van der Waals surface area contributed by atoms with Gasteiger partial charge in [-0.3, -0.25) is 4.79 Å². The lowest BCUT2D eigenvalue weighted by Crippen LogP contribution is -2.43. The largest absolute Gasteiger partial charge is 0.421 e. The zero-order chi connectivity index (χ0) is 24.5. The van der Waals surface area contributed by atoms with Crippen LogP contribution in [0.5, 0.6) is 0 Å². The van der Waals surface area contributed by atoms with E-state index in [1.807, 2.05) is 0 Å². The van der Waals surface area contributed by atoms with E-state index in [9.17, 15) is 26.4 Å². The van der Waals surface area contributed by atoms with Crippen LogP contribution in [0.3, 0.4) is 0 Å². The zero-order valence-electron chi connectivity index (χ0n) is 18.4. The summed E-state index contributed by atoms with van der Waals surface area (Å²) in [4.78, 5) is 19.4. The first-order valence-corrected chi connectivity index (χ1v) is 12.7. The summed E-state index contributed by atoms with van der Waals surface area (Å²) in [6.07, 6.45) is 0.0573. The van der Waals surface area contributed by atoms with E-state index in [2.05, 4.69) is 25.9 Å². The first-order chi connectivity index (χ1) is 16.0. The number of benzene rings is 1. The van der Waals surface area contributed by atoms with Gasteiger partial charge in [-0.15, -0.1) is 0 Å². The standard InChI is InChI=1S/C21H25F3N6O3S/c1-34(32,33)30-9-3-2-4-15(30)7-8-25-19-16(21(22,23)24)12-26-20(29-19)27-14-5-6-17-13(10-14)11-18(31)28-17/h5-6,10,12,15H,2-4,7-9,11H2,1H3,(H,28,31)(H2,25,26,27,29). The summed E-state index contributed by atoms with van der Waals surface area (Å²) in [5.74, 6) is -0.551. The molecule has 3 heterocycles. The van der Waals surface area contributed by atoms with Gasteiger partial charge in [0.1, 0.15) is 11.4 Å². The van der Waals surface area contributed by atoms with Crippen molar-refractivity contribution < 1.29 is 26.4 Å². The molecule has 1 amide bonds. The summed E-state index contributed by atoms with van der Waals surface area (Å²) in [7, 11) is -3.39. The number of rotatable bonds is 7. The smallest absolute Gasteiger partial charge is 0.369 e. The molecule has 0 radical (unpaired) electrons. The average molecular weight is 499 g/mol. The Kier molecular flexibility index (Phi) is 6.67. The number of alkyl halides is 3. The molecule has 9 nitrogen and oxygen atoms in total. The Morgan fingerprint density at radius 3 is 2.79 bits per heavy atom. The van der Waals surface area contributed by atoms with E-state index >= 15 is 0 Å². The minimum absolute atomic E-state index is 0.0387. The van der Waals surface area contributed by atoms with Crippen molar-refractivity contribution in [1.29, 1.82) is 0 Å². The van der Waals surface area contributed by atoms with Crippen molar-refractivity contribution in [1.82, 2.24) is 14.3 Å². The first kappa shape index (κ1) is 24.2. The highest BCUT2D eigenvalue weighted by Crippen LogP contribution is 2.35. The molecular formula is C21H25F3N6O3S. The second-order valence-electron chi connectivity index (χ2n) is 8.41. The number of anilines is 4. The van der Waals surface area contributed by atoms with Gasteiger partial charge in [-0.25, -0.2) is 13.4 Å². The van der Waals surface area contributed by atoms with Crippen LogP contribution < -0.4 is 16.0 Å². The monoisotopic (exact) mass is 498 g/mol. The van der Waals surface area contributed by atoms with Crippen LogP contribution in [0.2, 0.25) is 0 Å². The highest BCUT2D eigenvalue weighted by molar-refractivity contribution is 7.88. The Balaban J connectivity index is 1.49. The van der Waals surface area contributed by atoms with Gasteiger partial charge >= 0.3 is 6.18 Å². The minimum Gasteiger partial charge on any atom is -0.369 e. The third kappa shape index (κ3) is 5.58. The Hall–Kier alpha value is -2.93. The molecule has 1 atom stereocenters. The van der Waals surface area contributed by atoms with Crippen LogP contribution in [-0.4, -0.2) is 54.0 Å². The fraction of sp³-hybridized carbons (Fsp3) is 0.476. The summed E-state index contributed by atoms with van der Waals surface area (Å²) in [6, 6.07) is 4.81. The number of nitrogens with zero attached hydrogens (tertiary/aromatic N) is 3. The van der Waals surface area contributed by atoms with Crippen LogP contribution in [0.15, 0.2) is 24.4 Å². The highest BCUT2D eigenvalue weighted by Gasteiger charge is 2.35. The minimum atomic E-state index is -4.66. The van der Waals surface area contributed by atoms with Gasteiger partial charge in [0.15, 0.2) is 0 Å². The predicted molar refractivity (Wildman–Crippen MR) is 121 cm³/mol. The van der Waals surface area contributed by atoms with Crippen molar-refractivity contribution in [2.75, 3.05) is 35.3 Å². The van der Waals surface area contributed by atoms with Crippen LogP contribution in [0.25, 0.3) is 0 Å². The van der Waals surface area contributed by atoms with Crippen molar-refractivity contribution in [3.63, 3.8) is 0 Å². The van der Waals surface area contributed by atoms with Gasteiger partial charge in [-0.05, 0) is 43.0 Å². The maximum Gasteiger partial charge on any atom is 0.421 e. The Bertz CT molecular complexity index is 1190. The normalized spacial score (nSPS) is 18.9. The van der Waals surface area contributed by atoms with Crippen molar-refractivity contribution in [2.45, 2.75) is 44.3 Å². The summed E-state index contributed by atoms with van der Waals surface area (Å²) < 4.78 is 66.1. The molecule has 0 aliphatic carbocycles. The lowest BCUT2D eigenvalue weighted by molar-refractivity contribution is -0.137. The molecule has 3 N–H and O–H groups in total. The number of sulfonamides is 1. The molecule has 4 rings (SSSR count). The van der Waals surface area contributed by atoms with Crippen molar-refractivity contribution in [2.24, 2.45) is 0 Å². The Morgan fingerprint density at radius 1 is 1.26 bits per heavy atom. The number of hydrogen-bond acceptors (Lipinski definition) is 7. The third-order valence-electron chi connectivity index (χ3n) is 5.85. The number of nitrogens with one attached hydrogen (secondary N) is 3. The average Bonchev–Trinajstić information content (AvgIpc) is 3.12. The number of hydrogen-bond donors (Lipinski definition) is 3. The van der Waals surface area contributed by atoms with Gasteiger partial charge in [0.05, 0.1) is 12.7 Å². The molecule has 0 spiro atoms. The van der Waals surface area contributed by atoms with Crippen LogP contribution in [0.1, 0.15) is 36.8 Å². The molecule has 1 fully saturated rings. The van der Waals surface area contributed by atoms with E-state index in [0.29, 0.717) is 37.0 Å². The number of carbonyl (C=O) groups excluding carboxylic acids is 1. The molecule has 1 aromatic carbocycles. The summed E-state index contributed by atoms with van der Waals surface area (Å²) in [5, 5.41) is 8.31. The van der Waals surface area contributed by atoms with Gasteiger partial charge in [0.2, 0.25) is 21.9 Å². The fourth-order valence-electron chi connectivity index (χ4n) is 4.28. The van der Waals surface area contributed by atoms with Gasteiger partial charge in [0.25, 0.3) is 0 Å². The molecule has 1 aromatic heterocycles. The SMILES string of the molecule is CS(=O)(=O)N1CCCCC1CCNc1nc(Nc2ccc3c(c2)CC(=O)N3)ncc1C(F)(F)F. The second kappa shape index (κ2) is 9.37. The number of fused-ring (bicyclic) bond motifs is 1. The summed E-state index contributed by atoms with van der Waals surface area (Å²) >= 11 is 0. The van der Waals surface area contributed by atoms with E-state index in [0.717, 1.165) is 24.7 Å². The Labute approximate surface area is 195 Å². The number of aromatic nitrogens is 2. The molecule has 34 heavy (non-hydrogen) atoms. The number of carbonyl (C=O) groups is 1. The molecule has 1 saturated heterocycles. The van der Waals surface area contributed by atoms with Crippen LogP contribution >= 0.6 is 0 Å². The Morgan fingerprint density at radius 2 is 2.06 bits per heavy atom. The van der Waals surface area contributed by atoms with Gasteiger partial charge in [-0.1, -0.05) is 6.42 Å². The topological polar surface area (TPSA) is 116 Å². The first-order valence-electron chi connectivity index (χ1n) is 10.9. The maximum atomic E-state index is 13.5. The van der Waals surface area contributed by atoms with E-state index in [1.54, 1.807) is 18.2 Å². The third-order valence-corrected chi connectivity index (χ3v) is 7.18. The van der Waals surface area contributed by atoms with Crippen LogP contribution in [0.4, 0.5) is 36.3 Å². The van der Waals surface area contributed by atoms with Gasteiger partial charge in [-0.2, -0.15) is 22.5 Å². The molecule has 2 aromatic rings. The molecular weight excluding hydrogens is 473 g/mol. The number of amides is 1. The lowest BCUT2D eigenvalue weighted by atomic mass is 10.0. The zero-order valence-corrected chi connectivity index (χ0v) is 19.3. The number of halogens is 3. The van der Waals surface area contributed by atoms with Crippen LogP contribution in [-0.2, 0) is 27.4 Å². The molecule has 2 aliphatic heterocycles. The van der Waals surface area contributed by atoms with E-state index in [1.165, 1.54) is 4.31 Å². The summed E-state index contributed by atoms with van der Waals surface area (Å²) in [6.45, 7) is 0.531.